The summed E-state index contributed by atoms with van der Waals surface area (Å²) >= 11 is 0. The molecule has 1 aromatic heterocycles. The second kappa shape index (κ2) is 9.66. The van der Waals surface area contributed by atoms with Gasteiger partial charge >= 0.3 is 0 Å². The van der Waals surface area contributed by atoms with Gasteiger partial charge in [-0.25, -0.2) is 4.39 Å². The smallest absolute Gasteiger partial charge is 0.144 e. The number of hydrogen-bond acceptors (Lipinski definition) is 3. The first-order valence-electron chi connectivity index (χ1n) is 9.56. The van der Waals surface area contributed by atoms with Gasteiger partial charge in [0.15, 0.2) is 0 Å². The van der Waals surface area contributed by atoms with E-state index in [2.05, 4.69) is 24.0 Å². The number of rotatable bonds is 8. The van der Waals surface area contributed by atoms with Gasteiger partial charge < -0.3 is 4.74 Å². The highest BCUT2D eigenvalue weighted by molar-refractivity contribution is 5.59. The Balaban J connectivity index is 1.59. The number of halogens is 1. The Hall–Kier alpha value is -3.19. The summed E-state index contributed by atoms with van der Waals surface area (Å²) in [6.07, 6.45) is 6.71. The predicted molar refractivity (Wildman–Crippen MR) is 108 cm³/mol. The van der Waals surface area contributed by atoms with Gasteiger partial charge in [-0.2, -0.15) is 5.26 Å². The number of unbranched alkanes of at least 4 members (excludes halogenated alkanes) is 2. The number of ether oxygens (including phenoxy) is 1. The molecule has 0 unspecified atom stereocenters. The Labute approximate surface area is 165 Å². The molecular formula is C24H23FN2O. The molecule has 0 N–H and O–H groups in total. The van der Waals surface area contributed by atoms with Crippen molar-refractivity contribution < 1.29 is 9.13 Å². The van der Waals surface area contributed by atoms with Crippen molar-refractivity contribution in [2.75, 3.05) is 0 Å². The number of benzene rings is 2. The van der Waals surface area contributed by atoms with Crippen molar-refractivity contribution in [3.8, 4) is 23.1 Å². The SMILES string of the molecule is CCCCCc1ccc(-c2ccc(COc3ccc(C#N)c(F)c3)cc2)nc1. The van der Waals surface area contributed by atoms with Crippen molar-refractivity contribution >= 4 is 0 Å². The van der Waals surface area contributed by atoms with Crippen molar-refractivity contribution in [2.45, 2.75) is 39.2 Å². The van der Waals surface area contributed by atoms with Crippen LogP contribution in [0.4, 0.5) is 4.39 Å². The molecule has 1 heterocycles. The van der Waals surface area contributed by atoms with E-state index in [4.69, 9.17) is 10.00 Å². The summed E-state index contributed by atoms with van der Waals surface area (Å²) in [4.78, 5) is 4.58. The van der Waals surface area contributed by atoms with E-state index in [0.717, 1.165) is 23.2 Å². The van der Waals surface area contributed by atoms with E-state index in [-0.39, 0.29) is 5.56 Å². The first-order valence-corrected chi connectivity index (χ1v) is 9.56. The van der Waals surface area contributed by atoms with Crippen molar-refractivity contribution in [2.24, 2.45) is 0 Å². The quantitative estimate of drug-likeness (QED) is 0.449. The highest BCUT2D eigenvalue weighted by atomic mass is 19.1. The molecule has 0 aliphatic rings. The third-order valence-corrected chi connectivity index (χ3v) is 4.61. The maximum absolute atomic E-state index is 13.6. The van der Waals surface area contributed by atoms with Crippen LogP contribution in [0.2, 0.25) is 0 Å². The van der Waals surface area contributed by atoms with Crippen molar-refractivity contribution in [1.29, 1.82) is 5.26 Å². The molecule has 0 saturated heterocycles. The van der Waals surface area contributed by atoms with E-state index in [9.17, 15) is 4.39 Å². The van der Waals surface area contributed by atoms with E-state index in [1.165, 1.54) is 37.0 Å². The van der Waals surface area contributed by atoms with E-state index < -0.39 is 5.82 Å². The first-order chi connectivity index (χ1) is 13.7. The van der Waals surface area contributed by atoms with Crippen LogP contribution < -0.4 is 4.74 Å². The lowest BCUT2D eigenvalue weighted by Gasteiger charge is -2.08. The van der Waals surface area contributed by atoms with Crippen LogP contribution in [0.3, 0.4) is 0 Å². The summed E-state index contributed by atoms with van der Waals surface area (Å²) in [7, 11) is 0. The van der Waals surface area contributed by atoms with Gasteiger partial charge in [-0.1, -0.05) is 50.1 Å². The van der Waals surface area contributed by atoms with Crippen LogP contribution >= 0.6 is 0 Å². The maximum atomic E-state index is 13.6. The van der Waals surface area contributed by atoms with Gasteiger partial charge in [0.05, 0.1) is 11.3 Å². The second-order valence-corrected chi connectivity index (χ2v) is 6.75. The molecule has 4 heteroatoms. The van der Waals surface area contributed by atoms with Crippen molar-refractivity contribution in [1.82, 2.24) is 4.98 Å². The van der Waals surface area contributed by atoms with Crippen LogP contribution in [0, 0.1) is 17.1 Å². The fourth-order valence-electron chi connectivity index (χ4n) is 2.94. The Morgan fingerprint density at radius 2 is 1.79 bits per heavy atom. The summed E-state index contributed by atoms with van der Waals surface area (Å²) in [6, 6.07) is 18.2. The van der Waals surface area contributed by atoms with E-state index in [1.54, 1.807) is 12.1 Å². The largest absolute Gasteiger partial charge is 0.489 e. The van der Waals surface area contributed by atoms with Gasteiger partial charge in [-0.05, 0) is 42.2 Å². The zero-order valence-corrected chi connectivity index (χ0v) is 16.0. The van der Waals surface area contributed by atoms with Gasteiger partial charge in [0.25, 0.3) is 0 Å². The van der Waals surface area contributed by atoms with E-state index in [0.29, 0.717) is 12.4 Å². The van der Waals surface area contributed by atoms with Crippen LogP contribution in [0.5, 0.6) is 5.75 Å². The van der Waals surface area contributed by atoms with Gasteiger partial charge in [0.2, 0.25) is 0 Å². The molecule has 0 fully saturated rings. The molecule has 0 radical (unpaired) electrons. The third kappa shape index (κ3) is 5.17. The summed E-state index contributed by atoms with van der Waals surface area (Å²) in [6.45, 7) is 2.54. The first kappa shape index (κ1) is 19.6. The Morgan fingerprint density at radius 1 is 1.00 bits per heavy atom. The fourth-order valence-corrected chi connectivity index (χ4v) is 2.94. The zero-order chi connectivity index (χ0) is 19.8. The zero-order valence-electron chi connectivity index (χ0n) is 16.0. The molecule has 0 saturated carbocycles. The normalized spacial score (nSPS) is 10.5. The molecule has 142 valence electrons. The molecular weight excluding hydrogens is 351 g/mol. The predicted octanol–water partition coefficient (Wildman–Crippen LogP) is 6.07. The maximum Gasteiger partial charge on any atom is 0.144 e. The average molecular weight is 374 g/mol. The van der Waals surface area contributed by atoms with Crippen molar-refractivity contribution in [3.63, 3.8) is 0 Å². The lowest BCUT2D eigenvalue weighted by molar-refractivity contribution is 0.304. The lowest BCUT2D eigenvalue weighted by atomic mass is 10.1. The minimum Gasteiger partial charge on any atom is -0.489 e. The molecule has 0 spiro atoms. The topological polar surface area (TPSA) is 45.9 Å². The number of aryl methyl sites for hydroxylation is 1. The molecule has 3 rings (SSSR count). The average Bonchev–Trinajstić information content (AvgIpc) is 2.73. The number of pyridine rings is 1. The second-order valence-electron chi connectivity index (χ2n) is 6.75. The number of nitriles is 1. The number of aromatic nitrogens is 1. The van der Waals surface area contributed by atoms with Crippen LogP contribution in [-0.4, -0.2) is 4.98 Å². The number of hydrogen-bond donors (Lipinski definition) is 0. The molecule has 0 amide bonds. The third-order valence-electron chi connectivity index (χ3n) is 4.61. The fraction of sp³-hybridized carbons (Fsp3) is 0.250. The Bertz CT molecular complexity index is 944. The standard InChI is InChI=1S/C24H23FN2O/c1-2-3-4-5-18-8-13-24(27-16-18)20-9-6-19(7-10-20)17-28-22-12-11-21(15-26)23(25)14-22/h6-14,16H,2-5,17H2,1H3. The minimum absolute atomic E-state index is 0.0144. The Kier molecular flexibility index (Phi) is 6.75. The minimum atomic E-state index is -0.570. The molecule has 3 aromatic rings. The molecule has 28 heavy (non-hydrogen) atoms. The van der Waals surface area contributed by atoms with E-state index in [1.807, 2.05) is 30.5 Å². The molecule has 2 aromatic carbocycles. The van der Waals surface area contributed by atoms with E-state index >= 15 is 0 Å². The Morgan fingerprint density at radius 3 is 2.43 bits per heavy atom. The van der Waals surface area contributed by atoms with Crippen LogP contribution in [0.1, 0.15) is 42.9 Å². The highest BCUT2D eigenvalue weighted by Crippen LogP contribution is 2.21. The summed E-state index contributed by atoms with van der Waals surface area (Å²) in [5.41, 5.74) is 4.26. The highest BCUT2D eigenvalue weighted by Gasteiger charge is 2.05. The summed E-state index contributed by atoms with van der Waals surface area (Å²) in [5, 5.41) is 8.76. The summed E-state index contributed by atoms with van der Waals surface area (Å²) < 4.78 is 19.2. The van der Waals surface area contributed by atoms with Gasteiger partial charge in [-0.15, -0.1) is 0 Å². The summed E-state index contributed by atoms with van der Waals surface area (Å²) in [5.74, 6) is -0.166. The van der Waals surface area contributed by atoms with Gasteiger partial charge in [0, 0.05) is 17.8 Å². The molecule has 0 atom stereocenters. The molecule has 0 aliphatic heterocycles. The van der Waals surface area contributed by atoms with Gasteiger partial charge in [-0.3, -0.25) is 4.98 Å². The van der Waals surface area contributed by atoms with Crippen LogP contribution in [0.25, 0.3) is 11.3 Å². The molecule has 0 bridgehead atoms. The van der Waals surface area contributed by atoms with Crippen LogP contribution in [-0.2, 0) is 13.0 Å². The van der Waals surface area contributed by atoms with Gasteiger partial charge in [0.1, 0.15) is 24.2 Å². The molecule has 3 nitrogen and oxygen atoms in total. The lowest BCUT2D eigenvalue weighted by Crippen LogP contribution is -1.96. The molecule has 0 aliphatic carbocycles. The van der Waals surface area contributed by atoms with Crippen molar-refractivity contribution in [3.05, 3.63) is 83.3 Å². The monoisotopic (exact) mass is 374 g/mol. The number of nitrogens with zero attached hydrogens (tertiary/aromatic N) is 2. The van der Waals surface area contributed by atoms with Crippen LogP contribution in [0.15, 0.2) is 60.8 Å².